The Hall–Kier alpha value is -3.35. The van der Waals surface area contributed by atoms with Gasteiger partial charge in [0.1, 0.15) is 17.7 Å². The zero-order valence-corrected chi connectivity index (χ0v) is 25.2. The van der Waals surface area contributed by atoms with E-state index in [0.29, 0.717) is 12.2 Å². The van der Waals surface area contributed by atoms with Crippen LogP contribution in [0.5, 0.6) is 0 Å². The van der Waals surface area contributed by atoms with Gasteiger partial charge in [0.15, 0.2) is 0 Å². The predicted molar refractivity (Wildman–Crippen MR) is 158 cm³/mol. The molecule has 7 nitrogen and oxygen atoms in total. The molecule has 0 radical (unpaired) electrons. The zero-order chi connectivity index (χ0) is 29.3. The topological polar surface area (TPSA) is 87.7 Å². The van der Waals surface area contributed by atoms with Gasteiger partial charge in [0.2, 0.25) is 5.91 Å². The van der Waals surface area contributed by atoms with Crippen molar-refractivity contribution in [1.82, 2.24) is 10.2 Å². The van der Waals surface area contributed by atoms with Crippen LogP contribution < -0.4 is 10.6 Å². The van der Waals surface area contributed by atoms with Crippen molar-refractivity contribution < 1.29 is 19.1 Å². The Labute approximate surface area is 234 Å². The van der Waals surface area contributed by atoms with Crippen molar-refractivity contribution in [2.24, 2.45) is 5.92 Å². The summed E-state index contributed by atoms with van der Waals surface area (Å²) in [5.41, 5.74) is 3.68. The molecule has 3 amide bonds. The summed E-state index contributed by atoms with van der Waals surface area (Å²) in [7, 11) is 0. The standard InChI is InChI=1S/C32H47N3O4/c1-10-11-14-17-35(30(37)27(21(2)3)34-31(38)39-32(7,8)9)28(25-19-22(4)18-23(5)20-25)29(36)33-26-16-13-12-15-24(26)6/h12-13,15-16,18-21,27-28H,10-11,14,17H2,1-9H3,(H,33,36)(H,34,38). The number of hydrogen-bond donors (Lipinski definition) is 2. The molecule has 39 heavy (non-hydrogen) atoms. The molecular weight excluding hydrogens is 490 g/mol. The first kappa shape index (κ1) is 31.9. The van der Waals surface area contributed by atoms with E-state index in [0.717, 1.165) is 41.5 Å². The van der Waals surface area contributed by atoms with Crippen LogP contribution in [0.3, 0.4) is 0 Å². The molecule has 0 spiro atoms. The maximum atomic E-state index is 14.3. The van der Waals surface area contributed by atoms with Gasteiger partial charge >= 0.3 is 6.09 Å². The highest BCUT2D eigenvalue weighted by molar-refractivity contribution is 5.99. The van der Waals surface area contributed by atoms with E-state index in [4.69, 9.17) is 4.74 Å². The van der Waals surface area contributed by atoms with Crippen LogP contribution >= 0.6 is 0 Å². The minimum Gasteiger partial charge on any atom is -0.444 e. The first-order chi connectivity index (χ1) is 18.2. The fraction of sp³-hybridized carbons (Fsp3) is 0.531. The summed E-state index contributed by atoms with van der Waals surface area (Å²) < 4.78 is 5.46. The number of alkyl carbamates (subject to hydrolysis) is 1. The number of amides is 3. The van der Waals surface area contributed by atoms with E-state index in [-0.39, 0.29) is 17.7 Å². The molecule has 2 aromatic rings. The summed E-state index contributed by atoms with van der Waals surface area (Å²) in [4.78, 5) is 42.7. The molecule has 0 saturated heterocycles. The van der Waals surface area contributed by atoms with Crippen LogP contribution in [-0.4, -0.2) is 41.0 Å². The lowest BCUT2D eigenvalue weighted by Crippen LogP contribution is -2.54. The van der Waals surface area contributed by atoms with Crippen LogP contribution in [0, 0.1) is 26.7 Å². The van der Waals surface area contributed by atoms with Gasteiger partial charge in [0, 0.05) is 12.2 Å². The fourth-order valence-corrected chi connectivity index (χ4v) is 4.58. The van der Waals surface area contributed by atoms with E-state index >= 15 is 0 Å². The molecule has 7 heteroatoms. The average Bonchev–Trinajstić information content (AvgIpc) is 2.81. The van der Waals surface area contributed by atoms with Crippen LogP contribution in [0.2, 0.25) is 0 Å². The summed E-state index contributed by atoms with van der Waals surface area (Å²) in [5, 5.41) is 5.86. The summed E-state index contributed by atoms with van der Waals surface area (Å²) in [5.74, 6) is -0.826. The van der Waals surface area contributed by atoms with Crippen molar-refractivity contribution in [2.75, 3.05) is 11.9 Å². The molecule has 2 atom stereocenters. The SMILES string of the molecule is CCCCCN(C(=O)C(NC(=O)OC(C)(C)C)C(C)C)C(C(=O)Nc1ccccc1C)c1cc(C)cc(C)c1. The van der Waals surface area contributed by atoms with E-state index < -0.39 is 23.8 Å². The number of para-hydroxylation sites is 1. The van der Waals surface area contributed by atoms with E-state index in [1.165, 1.54) is 0 Å². The molecule has 2 N–H and O–H groups in total. The highest BCUT2D eigenvalue weighted by Gasteiger charge is 2.37. The molecule has 0 heterocycles. The van der Waals surface area contributed by atoms with Crippen molar-refractivity contribution >= 4 is 23.6 Å². The molecule has 2 unspecified atom stereocenters. The Balaban J connectivity index is 2.58. The third kappa shape index (κ3) is 9.72. The Morgan fingerprint density at radius 1 is 0.949 bits per heavy atom. The molecule has 0 aliphatic rings. The Morgan fingerprint density at radius 2 is 1.56 bits per heavy atom. The maximum absolute atomic E-state index is 14.3. The third-order valence-corrected chi connectivity index (χ3v) is 6.41. The first-order valence-corrected chi connectivity index (χ1v) is 14.0. The van der Waals surface area contributed by atoms with Crippen LogP contribution in [0.25, 0.3) is 0 Å². The number of carbonyl (C=O) groups is 3. The van der Waals surface area contributed by atoms with Crippen molar-refractivity contribution in [3.8, 4) is 0 Å². The van der Waals surface area contributed by atoms with E-state index in [9.17, 15) is 14.4 Å². The lowest BCUT2D eigenvalue weighted by Gasteiger charge is -2.36. The summed E-state index contributed by atoms with van der Waals surface area (Å²) in [6.07, 6.45) is 1.96. The molecule has 0 aliphatic carbocycles. The lowest BCUT2D eigenvalue weighted by atomic mass is 9.96. The van der Waals surface area contributed by atoms with Gasteiger partial charge in [-0.25, -0.2) is 4.79 Å². The largest absolute Gasteiger partial charge is 0.444 e. The smallest absolute Gasteiger partial charge is 0.408 e. The van der Waals surface area contributed by atoms with E-state index in [1.54, 1.807) is 25.7 Å². The van der Waals surface area contributed by atoms with Gasteiger partial charge < -0.3 is 20.3 Å². The molecule has 0 fully saturated rings. The number of benzene rings is 2. The number of ether oxygens (including phenoxy) is 1. The van der Waals surface area contributed by atoms with Crippen LogP contribution in [-0.2, 0) is 14.3 Å². The van der Waals surface area contributed by atoms with E-state index in [2.05, 4.69) is 17.6 Å². The van der Waals surface area contributed by atoms with Gasteiger partial charge in [-0.2, -0.15) is 0 Å². The number of nitrogens with zero attached hydrogens (tertiary/aromatic N) is 1. The molecule has 0 bridgehead atoms. The van der Waals surface area contributed by atoms with Gasteiger partial charge in [-0.3, -0.25) is 9.59 Å². The third-order valence-electron chi connectivity index (χ3n) is 6.41. The number of hydrogen-bond acceptors (Lipinski definition) is 4. The van der Waals surface area contributed by atoms with Crippen LogP contribution in [0.4, 0.5) is 10.5 Å². The van der Waals surface area contributed by atoms with Gasteiger partial charge in [0.25, 0.3) is 5.91 Å². The number of anilines is 1. The second kappa shape index (κ2) is 14.2. The van der Waals surface area contributed by atoms with Gasteiger partial charge in [0.05, 0.1) is 0 Å². The minimum absolute atomic E-state index is 0.224. The van der Waals surface area contributed by atoms with Crippen molar-refractivity contribution in [1.29, 1.82) is 0 Å². The second-order valence-corrected chi connectivity index (χ2v) is 11.7. The monoisotopic (exact) mass is 537 g/mol. The summed E-state index contributed by atoms with van der Waals surface area (Å²) >= 11 is 0. The Bertz CT molecular complexity index is 1120. The summed E-state index contributed by atoms with van der Waals surface area (Å²) in [6.45, 7) is 17.5. The number of aryl methyl sites for hydroxylation is 3. The van der Waals surface area contributed by atoms with Crippen molar-refractivity contribution in [3.05, 3.63) is 64.7 Å². The van der Waals surface area contributed by atoms with Crippen LogP contribution in [0.1, 0.15) is 89.1 Å². The number of unbranched alkanes of at least 4 members (excludes halogenated alkanes) is 2. The molecular formula is C32H47N3O4. The quantitative estimate of drug-likeness (QED) is 0.307. The predicted octanol–water partition coefficient (Wildman–Crippen LogP) is 6.86. The van der Waals surface area contributed by atoms with Gasteiger partial charge in [-0.1, -0.05) is 81.1 Å². The molecule has 214 valence electrons. The number of carbonyl (C=O) groups excluding carboxylic acids is 3. The van der Waals surface area contributed by atoms with Gasteiger partial charge in [-0.15, -0.1) is 0 Å². The van der Waals surface area contributed by atoms with Crippen molar-refractivity contribution in [3.63, 3.8) is 0 Å². The van der Waals surface area contributed by atoms with Gasteiger partial charge in [-0.05, 0) is 71.1 Å². The molecule has 0 aliphatic heterocycles. The fourth-order valence-electron chi connectivity index (χ4n) is 4.58. The first-order valence-electron chi connectivity index (χ1n) is 14.0. The Morgan fingerprint density at radius 3 is 2.10 bits per heavy atom. The highest BCUT2D eigenvalue weighted by atomic mass is 16.6. The van der Waals surface area contributed by atoms with Crippen LogP contribution in [0.15, 0.2) is 42.5 Å². The van der Waals surface area contributed by atoms with Crippen molar-refractivity contribution in [2.45, 2.75) is 99.3 Å². The number of nitrogens with one attached hydrogen (secondary N) is 2. The maximum Gasteiger partial charge on any atom is 0.408 e. The number of rotatable bonds is 11. The minimum atomic E-state index is -0.880. The molecule has 0 saturated carbocycles. The average molecular weight is 538 g/mol. The molecule has 0 aromatic heterocycles. The second-order valence-electron chi connectivity index (χ2n) is 11.7. The molecule has 2 aromatic carbocycles. The molecule has 2 rings (SSSR count). The van der Waals surface area contributed by atoms with E-state index in [1.807, 2.05) is 77.1 Å². The highest BCUT2D eigenvalue weighted by Crippen LogP contribution is 2.28. The Kier molecular flexibility index (Phi) is 11.6. The summed E-state index contributed by atoms with van der Waals surface area (Å²) in [6, 6.07) is 11.8. The zero-order valence-electron chi connectivity index (χ0n) is 25.2. The normalized spacial score (nSPS) is 13.0. The lowest BCUT2D eigenvalue weighted by molar-refractivity contribution is -0.141.